The fourth-order valence-corrected chi connectivity index (χ4v) is 1.75. The average Bonchev–Trinajstić information content (AvgIpc) is 2.76. The van der Waals surface area contributed by atoms with Crippen LogP contribution in [0.5, 0.6) is 0 Å². The number of benzene rings is 1. The van der Waals surface area contributed by atoms with Crippen LogP contribution in [0.4, 0.5) is 10.1 Å². The fourth-order valence-electron chi connectivity index (χ4n) is 1.75. The topological polar surface area (TPSA) is 50.1 Å². The lowest BCUT2D eigenvalue weighted by Crippen LogP contribution is -2.02. The maximum Gasteiger partial charge on any atom is 0.123 e. The molecule has 0 aliphatic carbocycles. The van der Waals surface area contributed by atoms with Gasteiger partial charge in [0.05, 0.1) is 19.3 Å². The van der Waals surface area contributed by atoms with Gasteiger partial charge in [0, 0.05) is 24.0 Å². The lowest BCUT2D eigenvalue weighted by molar-refractivity contribution is 0.269. The Labute approximate surface area is 105 Å². The van der Waals surface area contributed by atoms with Gasteiger partial charge in [-0.25, -0.2) is 4.39 Å². The molecule has 0 saturated heterocycles. The highest BCUT2D eigenvalue weighted by Gasteiger charge is 2.01. The summed E-state index contributed by atoms with van der Waals surface area (Å²) in [5.41, 5.74) is 2.80. The zero-order valence-electron chi connectivity index (χ0n) is 10.2. The maximum atomic E-state index is 12.9. The number of aliphatic hydroxyl groups excluding tert-OH is 1. The van der Waals surface area contributed by atoms with Crippen LogP contribution < -0.4 is 5.32 Å². The molecule has 0 radical (unpaired) electrons. The monoisotopic (exact) mass is 249 g/mol. The van der Waals surface area contributed by atoms with Gasteiger partial charge in [0.25, 0.3) is 0 Å². The summed E-state index contributed by atoms with van der Waals surface area (Å²) in [7, 11) is 0. The third kappa shape index (κ3) is 3.07. The van der Waals surface area contributed by atoms with E-state index in [2.05, 4.69) is 10.4 Å². The van der Waals surface area contributed by atoms with Crippen LogP contribution in [-0.4, -0.2) is 21.5 Å². The highest BCUT2D eigenvalue weighted by molar-refractivity contribution is 5.50. The van der Waals surface area contributed by atoms with Crippen molar-refractivity contribution in [3.05, 3.63) is 47.5 Å². The number of nitrogens with zero attached hydrogens (tertiary/aromatic N) is 2. The number of aromatic nitrogens is 2. The SMILES string of the molecule is Cc1cc(F)ccc1NCc1cnn(CCO)c1. The summed E-state index contributed by atoms with van der Waals surface area (Å²) < 4.78 is 14.6. The van der Waals surface area contributed by atoms with E-state index >= 15 is 0 Å². The minimum absolute atomic E-state index is 0.0750. The van der Waals surface area contributed by atoms with Gasteiger partial charge in [-0.05, 0) is 30.7 Å². The van der Waals surface area contributed by atoms with Crippen molar-refractivity contribution >= 4 is 5.69 Å². The van der Waals surface area contributed by atoms with Crippen LogP contribution in [0, 0.1) is 12.7 Å². The summed E-state index contributed by atoms with van der Waals surface area (Å²) in [6.07, 6.45) is 3.63. The third-order valence-corrected chi connectivity index (χ3v) is 2.69. The van der Waals surface area contributed by atoms with Crippen LogP contribution in [0.15, 0.2) is 30.6 Å². The Morgan fingerprint density at radius 3 is 3.00 bits per heavy atom. The summed E-state index contributed by atoms with van der Waals surface area (Å²) in [4.78, 5) is 0. The van der Waals surface area contributed by atoms with Gasteiger partial charge in [-0.15, -0.1) is 0 Å². The molecule has 0 bridgehead atoms. The standard InChI is InChI=1S/C13H16FN3O/c1-10-6-12(14)2-3-13(10)15-7-11-8-16-17(9-11)4-5-18/h2-3,6,8-9,15,18H,4-5,7H2,1H3. The molecule has 5 heteroatoms. The van der Waals surface area contributed by atoms with E-state index in [9.17, 15) is 4.39 Å². The minimum Gasteiger partial charge on any atom is -0.394 e. The zero-order chi connectivity index (χ0) is 13.0. The van der Waals surface area contributed by atoms with E-state index in [1.807, 2.05) is 13.1 Å². The van der Waals surface area contributed by atoms with Crippen LogP contribution >= 0.6 is 0 Å². The molecule has 0 fully saturated rings. The molecule has 0 spiro atoms. The lowest BCUT2D eigenvalue weighted by Gasteiger charge is -2.08. The van der Waals surface area contributed by atoms with Crippen LogP contribution in [0.2, 0.25) is 0 Å². The van der Waals surface area contributed by atoms with Gasteiger partial charge in [-0.2, -0.15) is 5.10 Å². The van der Waals surface area contributed by atoms with E-state index in [-0.39, 0.29) is 12.4 Å². The Balaban J connectivity index is 1.97. The highest BCUT2D eigenvalue weighted by atomic mass is 19.1. The summed E-state index contributed by atoms with van der Waals surface area (Å²) >= 11 is 0. The van der Waals surface area contributed by atoms with Crippen molar-refractivity contribution in [1.29, 1.82) is 0 Å². The molecule has 2 aromatic rings. The number of halogens is 1. The van der Waals surface area contributed by atoms with Gasteiger partial charge in [0.2, 0.25) is 0 Å². The Morgan fingerprint density at radius 2 is 2.28 bits per heavy atom. The van der Waals surface area contributed by atoms with E-state index in [0.29, 0.717) is 13.1 Å². The number of nitrogens with one attached hydrogen (secondary N) is 1. The predicted octanol–water partition coefficient (Wildman–Crippen LogP) is 1.94. The van der Waals surface area contributed by atoms with E-state index in [1.54, 1.807) is 16.9 Å². The smallest absolute Gasteiger partial charge is 0.123 e. The molecule has 1 aromatic carbocycles. The van der Waals surface area contributed by atoms with Gasteiger partial charge in [-0.3, -0.25) is 4.68 Å². The molecule has 1 aromatic heterocycles. The van der Waals surface area contributed by atoms with Gasteiger partial charge in [-0.1, -0.05) is 0 Å². The predicted molar refractivity (Wildman–Crippen MR) is 67.8 cm³/mol. The summed E-state index contributed by atoms with van der Waals surface area (Å²) in [6.45, 7) is 3.06. The van der Waals surface area contributed by atoms with Gasteiger partial charge in [0.1, 0.15) is 5.82 Å². The molecular weight excluding hydrogens is 233 g/mol. The molecule has 0 saturated carbocycles. The molecule has 1 heterocycles. The first kappa shape index (κ1) is 12.6. The quantitative estimate of drug-likeness (QED) is 0.851. The van der Waals surface area contributed by atoms with Gasteiger partial charge < -0.3 is 10.4 Å². The highest BCUT2D eigenvalue weighted by Crippen LogP contribution is 2.16. The first-order chi connectivity index (χ1) is 8.69. The second kappa shape index (κ2) is 5.64. The summed E-state index contributed by atoms with van der Waals surface area (Å²) in [5.74, 6) is -0.228. The molecule has 96 valence electrons. The van der Waals surface area contributed by atoms with Crippen molar-refractivity contribution in [2.45, 2.75) is 20.0 Å². The van der Waals surface area contributed by atoms with E-state index < -0.39 is 0 Å². The third-order valence-electron chi connectivity index (χ3n) is 2.69. The number of aliphatic hydroxyl groups is 1. The van der Waals surface area contributed by atoms with E-state index in [1.165, 1.54) is 12.1 Å². The summed E-state index contributed by atoms with van der Waals surface area (Å²) in [6, 6.07) is 4.66. The molecule has 2 N–H and O–H groups in total. The van der Waals surface area contributed by atoms with Crippen LogP contribution in [0.1, 0.15) is 11.1 Å². The number of aryl methyl sites for hydroxylation is 1. The van der Waals surface area contributed by atoms with E-state index in [0.717, 1.165) is 16.8 Å². The molecule has 0 amide bonds. The maximum absolute atomic E-state index is 12.9. The van der Waals surface area contributed by atoms with Crippen LogP contribution in [0.3, 0.4) is 0 Å². The Kier molecular flexibility index (Phi) is 3.94. The molecule has 0 aliphatic rings. The molecule has 0 unspecified atom stereocenters. The van der Waals surface area contributed by atoms with Crippen molar-refractivity contribution in [1.82, 2.24) is 9.78 Å². The van der Waals surface area contributed by atoms with Crippen molar-refractivity contribution in [2.24, 2.45) is 0 Å². The lowest BCUT2D eigenvalue weighted by atomic mass is 10.2. The minimum atomic E-state index is -0.228. The van der Waals surface area contributed by atoms with Crippen molar-refractivity contribution in [2.75, 3.05) is 11.9 Å². The van der Waals surface area contributed by atoms with Crippen molar-refractivity contribution in [3.63, 3.8) is 0 Å². The Hall–Kier alpha value is -1.88. The molecule has 0 atom stereocenters. The first-order valence-corrected chi connectivity index (χ1v) is 5.81. The number of hydrogen-bond acceptors (Lipinski definition) is 3. The molecule has 2 rings (SSSR count). The second-order valence-corrected chi connectivity index (χ2v) is 4.15. The number of rotatable bonds is 5. The molecule has 4 nitrogen and oxygen atoms in total. The zero-order valence-corrected chi connectivity index (χ0v) is 10.2. The first-order valence-electron chi connectivity index (χ1n) is 5.81. The Bertz CT molecular complexity index is 525. The van der Waals surface area contributed by atoms with Crippen molar-refractivity contribution in [3.8, 4) is 0 Å². The second-order valence-electron chi connectivity index (χ2n) is 4.15. The fraction of sp³-hybridized carbons (Fsp3) is 0.308. The van der Waals surface area contributed by atoms with Gasteiger partial charge >= 0.3 is 0 Å². The number of hydrogen-bond donors (Lipinski definition) is 2. The molecular formula is C13H16FN3O. The van der Waals surface area contributed by atoms with Crippen molar-refractivity contribution < 1.29 is 9.50 Å². The van der Waals surface area contributed by atoms with E-state index in [4.69, 9.17) is 5.11 Å². The number of anilines is 1. The molecule has 18 heavy (non-hydrogen) atoms. The average molecular weight is 249 g/mol. The normalized spacial score (nSPS) is 10.6. The Morgan fingerprint density at radius 1 is 1.44 bits per heavy atom. The van der Waals surface area contributed by atoms with Gasteiger partial charge in [0.15, 0.2) is 0 Å². The molecule has 0 aliphatic heterocycles. The summed E-state index contributed by atoms with van der Waals surface area (Å²) in [5, 5.41) is 16.1. The largest absolute Gasteiger partial charge is 0.394 e. The van der Waals surface area contributed by atoms with Crippen LogP contribution in [0.25, 0.3) is 0 Å². The van der Waals surface area contributed by atoms with Crippen LogP contribution in [-0.2, 0) is 13.1 Å².